The van der Waals surface area contributed by atoms with Crippen LogP contribution in [0.15, 0.2) is 12.1 Å². The number of carbonyl (C=O) groups excluding carboxylic acids is 1. The first-order valence-electron chi connectivity index (χ1n) is 4.87. The highest BCUT2D eigenvalue weighted by Crippen LogP contribution is 2.24. The van der Waals surface area contributed by atoms with Crippen LogP contribution in [0.1, 0.15) is 21.5 Å². The fourth-order valence-corrected chi connectivity index (χ4v) is 1.51. The smallest absolute Gasteiger partial charge is 0.150 e. The molecule has 1 aromatic rings. The first-order chi connectivity index (χ1) is 7.19. The van der Waals surface area contributed by atoms with Crippen molar-refractivity contribution >= 4 is 6.29 Å². The Morgan fingerprint density at radius 2 is 1.80 bits per heavy atom. The van der Waals surface area contributed by atoms with Gasteiger partial charge in [-0.1, -0.05) is 0 Å². The molecule has 0 aliphatic rings. The molecule has 15 heavy (non-hydrogen) atoms. The molecule has 0 saturated carbocycles. The van der Waals surface area contributed by atoms with Gasteiger partial charge in [0, 0.05) is 12.7 Å². The number of benzene rings is 1. The lowest BCUT2D eigenvalue weighted by Crippen LogP contribution is -2.06. The van der Waals surface area contributed by atoms with Gasteiger partial charge in [-0.25, -0.2) is 0 Å². The van der Waals surface area contributed by atoms with E-state index in [1.807, 2.05) is 26.0 Å². The van der Waals surface area contributed by atoms with Gasteiger partial charge in [0.2, 0.25) is 0 Å². The molecule has 0 N–H and O–H groups in total. The Balaban J connectivity index is 2.83. The molecule has 3 heteroatoms. The van der Waals surface area contributed by atoms with E-state index < -0.39 is 0 Å². The number of ether oxygens (including phenoxy) is 2. The van der Waals surface area contributed by atoms with Crippen molar-refractivity contribution in [3.05, 3.63) is 28.8 Å². The third-order valence-corrected chi connectivity index (χ3v) is 2.15. The molecule has 1 aromatic carbocycles. The number of methoxy groups -OCH3 is 1. The van der Waals surface area contributed by atoms with Gasteiger partial charge in [0.15, 0.2) is 0 Å². The zero-order valence-corrected chi connectivity index (χ0v) is 9.37. The minimum atomic E-state index is 0.526. The minimum Gasteiger partial charge on any atom is -0.491 e. The maximum Gasteiger partial charge on any atom is 0.150 e. The monoisotopic (exact) mass is 208 g/mol. The molecule has 3 nitrogen and oxygen atoms in total. The van der Waals surface area contributed by atoms with Crippen LogP contribution in [0.3, 0.4) is 0 Å². The fraction of sp³-hybridized carbons (Fsp3) is 0.417. The lowest BCUT2D eigenvalue weighted by atomic mass is 10.1. The summed E-state index contributed by atoms with van der Waals surface area (Å²) in [7, 11) is 1.64. The summed E-state index contributed by atoms with van der Waals surface area (Å²) in [6.07, 6.45) is 0.846. The van der Waals surface area contributed by atoms with E-state index in [1.165, 1.54) is 0 Å². The predicted octanol–water partition coefficient (Wildman–Crippen LogP) is 2.14. The van der Waals surface area contributed by atoms with Crippen molar-refractivity contribution in [2.24, 2.45) is 0 Å². The van der Waals surface area contributed by atoms with Gasteiger partial charge in [0.05, 0.1) is 6.61 Å². The molecule has 0 atom stereocenters. The number of rotatable bonds is 5. The molecular formula is C12H16O3. The van der Waals surface area contributed by atoms with Gasteiger partial charge in [-0.05, 0) is 37.1 Å². The molecule has 0 fully saturated rings. The Kier molecular flexibility index (Phi) is 4.31. The summed E-state index contributed by atoms with van der Waals surface area (Å²) in [5.74, 6) is 0.845. The molecule has 1 rings (SSSR count). The maximum atomic E-state index is 10.6. The molecular weight excluding hydrogens is 192 g/mol. The van der Waals surface area contributed by atoms with Crippen LogP contribution in [-0.2, 0) is 4.74 Å². The number of carbonyl (C=O) groups is 1. The molecule has 0 aromatic heterocycles. The van der Waals surface area contributed by atoms with Gasteiger partial charge in [-0.3, -0.25) is 4.79 Å². The lowest BCUT2D eigenvalue weighted by molar-refractivity contribution is 0.112. The summed E-state index contributed by atoms with van der Waals surface area (Å²) in [4.78, 5) is 10.6. The lowest BCUT2D eigenvalue weighted by Gasteiger charge is -2.12. The molecule has 0 bridgehead atoms. The van der Waals surface area contributed by atoms with Crippen molar-refractivity contribution in [1.29, 1.82) is 0 Å². The van der Waals surface area contributed by atoms with E-state index in [0.717, 1.165) is 23.2 Å². The first-order valence-corrected chi connectivity index (χ1v) is 4.87. The number of aldehydes is 1. The fourth-order valence-electron chi connectivity index (χ4n) is 1.51. The summed E-state index contributed by atoms with van der Waals surface area (Å²) in [5.41, 5.74) is 2.64. The number of hydrogen-bond acceptors (Lipinski definition) is 3. The van der Waals surface area contributed by atoms with E-state index in [2.05, 4.69) is 0 Å². The van der Waals surface area contributed by atoms with Gasteiger partial charge in [0.25, 0.3) is 0 Å². The Morgan fingerprint density at radius 1 is 1.20 bits per heavy atom. The average Bonchev–Trinajstić information content (AvgIpc) is 2.22. The van der Waals surface area contributed by atoms with Crippen molar-refractivity contribution in [3.63, 3.8) is 0 Å². The molecule has 82 valence electrons. The van der Waals surface area contributed by atoms with Crippen molar-refractivity contribution in [2.45, 2.75) is 13.8 Å². The number of aryl methyl sites for hydroxylation is 2. The summed E-state index contributed by atoms with van der Waals surface area (Å²) >= 11 is 0. The van der Waals surface area contributed by atoms with Crippen molar-refractivity contribution in [3.8, 4) is 5.75 Å². The minimum absolute atomic E-state index is 0.526. The Morgan fingerprint density at radius 3 is 2.27 bits per heavy atom. The van der Waals surface area contributed by atoms with Crippen molar-refractivity contribution in [1.82, 2.24) is 0 Å². The second-order valence-electron chi connectivity index (χ2n) is 3.44. The highest BCUT2D eigenvalue weighted by molar-refractivity contribution is 5.76. The zero-order chi connectivity index (χ0) is 11.3. The molecule has 0 amide bonds. The van der Waals surface area contributed by atoms with Crippen LogP contribution in [0.25, 0.3) is 0 Å². The summed E-state index contributed by atoms with van der Waals surface area (Å²) in [6, 6.07) is 3.64. The SMILES string of the molecule is COCCOc1c(C)cc(C=O)cc1C. The van der Waals surface area contributed by atoms with E-state index in [9.17, 15) is 4.79 Å². The summed E-state index contributed by atoms with van der Waals surface area (Å²) in [5, 5.41) is 0. The quantitative estimate of drug-likeness (QED) is 0.549. The topological polar surface area (TPSA) is 35.5 Å². The van der Waals surface area contributed by atoms with Gasteiger partial charge in [-0.15, -0.1) is 0 Å². The number of hydrogen-bond donors (Lipinski definition) is 0. The first kappa shape index (κ1) is 11.7. The molecule has 0 aliphatic carbocycles. The maximum absolute atomic E-state index is 10.6. The molecule has 0 spiro atoms. The van der Waals surface area contributed by atoms with Gasteiger partial charge in [0.1, 0.15) is 18.6 Å². The van der Waals surface area contributed by atoms with E-state index in [-0.39, 0.29) is 0 Å². The Bertz CT molecular complexity index is 322. The van der Waals surface area contributed by atoms with Crippen LogP contribution in [0.5, 0.6) is 5.75 Å². The van der Waals surface area contributed by atoms with Gasteiger partial charge < -0.3 is 9.47 Å². The summed E-state index contributed by atoms with van der Waals surface area (Å²) < 4.78 is 10.5. The highest BCUT2D eigenvalue weighted by Gasteiger charge is 2.05. The molecule has 0 saturated heterocycles. The van der Waals surface area contributed by atoms with E-state index in [4.69, 9.17) is 9.47 Å². The molecule has 0 unspecified atom stereocenters. The van der Waals surface area contributed by atoms with Gasteiger partial charge >= 0.3 is 0 Å². The molecule has 0 aliphatic heterocycles. The van der Waals surface area contributed by atoms with Crippen LogP contribution in [-0.4, -0.2) is 26.6 Å². The third-order valence-electron chi connectivity index (χ3n) is 2.15. The Hall–Kier alpha value is -1.35. The molecule has 0 radical (unpaired) electrons. The summed E-state index contributed by atoms with van der Waals surface area (Å²) in [6.45, 7) is 4.96. The van der Waals surface area contributed by atoms with Crippen LogP contribution in [0.4, 0.5) is 0 Å². The van der Waals surface area contributed by atoms with Crippen LogP contribution < -0.4 is 4.74 Å². The van der Waals surface area contributed by atoms with Crippen molar-refractivity contribution < 1.29 is 14.3 Å². The van der Waals surface area contributed by atoms with Crippen molar-refractivity contribution in [2.75, 3.05) is 20.3 Å². The van der Waals surface area contributed by atoms with Crippen LogP contribution in [0.2, 0.25) is 0 Å². The standard InChI is InChI=1S/C12H16O3/c1-9-6-11(8-13)7-10(2)12(9)15-5-4-14-3/h6-8H,4-5H2,1-3H3. The van der Waals surface area contributed by atoms with Crippen LogP contribution in [0, 0.1) is 13.8 Å². The largest absolute Gasteiger partial charge is 0.491 e. The zero-order valence-electron chi connectivity index (χ0n) is 9.37. The second kappa shape index (κ2) is 5.51. The van der Waals surface area contributed by atoms with E-state index in [1.54, 1.807) is 7.11 Å². The third kappa shape index (κ3) is 3.06. The van der Waals surface area contributed by atoms with E-state index >= 15 is 0 Å². The Labute approximate surface area is 90.0 Å². The van der Waals surface area contributed by atoms with Crippen LogP contribution >= 0.6 is 0 Å². The predicted molar refractivity (Wildman–Crippen MR) is 58.7 cm³/mol. The van der Waals surface area contributed by atoms with Gasteiger partial charge in [-0.2, -0.15) is 0 Å². The molecule has 0 heterocycles. The highest BCUT2D eigenvalue weighted by atomic mass is 16.5. The second-order valence-corrected chi connectivity index (χ2v) is 3.44. The average molecular weight is 208 g/mol. The normalized spacial score (nSPS) is 10.1. The van der Waals surface area contributed by atoms with E-state index in [0.29, 0.717) is 18.8 Å².